The molecule has 1 aliphatic rings. The maximum atomic E-state index is 12.5. The van der Waals surface area contributed by atoms with Gasteiger partial charge in [0, 0.05) is 31.1 Å². The lowest BCUT2D eigenvalue weighted by molar-refractivity contribution is -0.132. The van der Waals surface area contributed by atoms with Gasteiger partial charge in [0.2, 0.25) is 5.91 Å². The molecule has 2 amide bonds. The first kappa shape index (κ1) is 22.7. The molecule has 31 heavy (non-hydrogen) atoms. The van der Waals surface area contributed by atoms with E-state index < -0.39 is 0 Å². The molecule has 0 unspecified atom stereocenters. The van der Waals surface area contributed by atoms with Gasteiger partial charge in [0.25, 0.3) is 5.91 Å². The third-order valence-electron chi connectivity index (χ3n) is 5.73. The highest BCUT2D eigenvalue weighted by Crippen LogP contribution is 2.22. The standard InChI is InChI=1S/C25H32N2O4/c1-18-6-4-7-19(2)24(18)31-17-5-8-23(28)27-15-13-21(14-16-27)26-25(29)20-9-11-22(30-3)12-10-20/h4,6-7,9-12,21H,5,8,13-17H2,1-3H3,(H,26,29). The highest BCUT2D eigenvalue weighted by atomic mass is 16.5. The molecule has 0 aromatic heterocycles. The second-order valence-corrected chi connectivity index (χ2v) is 8.03. The molecule has 3 rings (SSSR count). The van der Waals surface area contributed by atoms with Crippen molar-refractivity contribution in [1.29, 1.82) is 0 Å². The van der Waals surface area contributed by atoms with Gasteiger partial charge in [0.05, 0.1) is 13.7 Å². The van der Waals surface area contributed by atoms with E-state index in [0.717, 1.165) is 35.5 Å². The average Bonchev–Trinajstić information content (AvgIpc) is 2.78. The molecule has 1 heterocycles. The molecular formula is C25H32N2O4. The van der Waals surface area contributed by atoms with Crippen LogP contribution in [0.3, 0.4) is 0 Å². The number of nitrogens with zero attached hydrogens (tertiary/aromatic N) is 1. The highest BCUT2D eigenvalue weighted by Gasteiger charge is 2.24. The summed E-state index contributed by atoms with van der Waals surface area (Å²) in [5.74, 6) is 1.72. The monoisotopic (exact) mass is 424 g/mol. The van der Waals surface area contributed by atoms with Gasteiger partial charge in [-0.15, -0.1) is 0 Å². The first-order chi connectivity index (χ1) is 15.0. The van der Waals surface area contributed by atoms with E-state index in [1.807, 2.05) is 36.9 Å². The van der Waals surface area contributed by atoms with Crippen LogP contribution in [0.1, 0.15) is 47.2 Å². The van der Waals surface area contributed by atoms with Gasteiger partial charge in [-0.3, -0.25) is 9.59 Å². The van der Waals surface area contributed by atoms with Crippen molar-refractivity contribution < 1.29 is 19.1 Å². The summed E-state index contributed by atoms with van der Waals surface area (Å²) in [6.45, 7) is 5.94. The molecule has 0 atom stereocenters. The van der Waals surface area contributed by atoms with Crippen molar-refractivity contribution in [3.8, 4) is 11.5 Å². The molecule has 1 fully saturated rings. The van der Waals surface area contributed by atoms with Crippen LogP contribution in [0, 0.1) is 13.8 Å². The van der Waals surface area contributed by atoms with Gasteiger partial charge in [-0.25, -0.2) is 0 Å². The second-order valence-electron chi connectivity index (χ2n) is 8.03. The summed E-state index contributed by atoms with van der Waals surface area (Å²) in [5, 5.41) is 3.08. The minimum absolute atomic E-state index is 0.0870. The Bertz CT molecular complexity index is 867. The van der Waals surface area contributed by atoms with E-state index in [9.17, 15) is 9.59 Å². The lowest BCUT2D eigenvalue weighted by Gasteiger charge is -2.32. The maximum absolute atomic E-state index is 12.5. The number of ether oxygens (including phenoxy) is 2. The number of para-hydroxylation sites is 1. The number of hydrogen-bond donors (Lipinski definition) is 1. The van der Waals surface area contributed by atoms with Gasteiger partial charge in [-0.2, -0.15) is 0 Å². The normalized spacial score (nSPS) is 14.2. The molecular weight excluding hydrogens is 392 g/mol. The lowest BCUT2D eigenvalue weighted by Crippen LogP contribution is -2.46. The number of benzene rings is 2. The highest BCUT2D eigenvalue weighted by molar-refractivity contribution is 5.94. The molecule has 0 saturated carbocycles. The molecule has 6 nitrogen and oxygen atoms in total. The van der Waals surface area contributed by atoms with Crippen molar-refractivity contribution in [2.45, 2.75) is 45.6 Å². The number of carbonyl (C=O) groups excluding carboxylic acids is 2. The van der Waals surface area contributed by atoms with E-state index in [1.165, 1.54) is 0 Å². The summed E-state index contributed by atoms with van der Waals surface area (Å²) < 4.78 is 11.0. The molecule has 0 bridgehead atoms. The Labute approximate surface area is 184 Å². The topological polar surface area (TPSA) is 67.9 Å². The van der Waals surface area contributed by atoms with E-state index in [-0.39, 0.29) is 17.9 Å². The number of aryl methyl sites for hydroxylation is 2. The Morgan fingerprint density at radius 3 is 2.29 bits per heavy atom. The van der Waals surface area contributed by atoms with E-state index in [4.69, 9.17) is 9.47 Å². The van der Waals surface area contributed by atoms with Crippen molar-refractivity contribution in [1.82, 2.24) is 10.2 Å². The van der Waals surface area contributed by atoms with Gasteiger partial charge in [0.15, 0.2) is 0 Å². The zero-order valence-electron chi connectivity index (χ0n) is 18.6. The summed E-state index contributed by atoms with van der Waals surface area (Å²) in [4.78, 5) is 26.8. The van der Waals surface area contributed by atoms with Crippen LogP contribution in [0.5, 0.6) is 11.5 Å². The van der Waals surface area contributed by atoms with Crippen LogP contribution in [0.15, 0.2) is 42.5 Å². The van der Waals surface area contributed by atoms with Crippen molar-refractivity contribution >= 4 is 11.8 Å². The molecule has 166 valence electrons. The summed E-state index contributed by atoms with van der Waals surface area (Å²) >= 11 is 0. The summed E-state index contributed by atoms with van der Waals surface area (Å²) in [6, 6.07) is 13.2. The fourth-order valence-electron chi connectivity index (χ4n) is 3.87. The molecule has 0 radical (unpaired) electrons. The number of amides is 2. The smallest absolute Gasteiger partial charge is 0.251 e. The van der Waals surface area contributed by atoms with Crippen molar-refractivity contribution in [3.63, 3.8) is 0 Å². The largest absolute Gasteiger partial charge is 0.497 e. The third-order valence-corrected chi connectivity index (χ3v) is 5.73. The van der Waals surface area contributed by atoms with E-state index in [1.54, 1.807) is 31.4 Å². The predicted octanol–water partition coefficient (Wildman–Crippen LogP) is 3.89. The minimum atomic E-state index is -0.0870. The molecule has 1 aliphatic heterocycles. The summed E-state index contributed by atoms with van der Waals surface area (Å²) in [7, 11) is 1.60. The number of nitrogens with one attached hydrogen (secondary N) is 1. The number of rotatable bonds is 8. The fourth-order valence-corrected chi connectivity index (χ4v) is 3.87. The van der Waals surface area contributed by atoms with Crippen LogP contribution in [-0.2, 0) is 4.79 Å². The summed E-state index contributed by atoms with van der Waals surface area (Å²) in [5.41, 5.74) is 2.85. The van der Waals surface area contributed by atoms with Crippen molar-refractivity contribution in [2.24, 2.45) is 0 Å². The lowest BCUT2D eigenvalue weighted by atomic mass is 10.0. The summed E-state index contributed by atoms with van der Waals surface area (Å²) in [6.07, 6.45) is 2.72. The molecule has 2 aromatic rings. The zero-order valence-corrected chi connectivity index (χ0v) is 18.6. The Morgan fingerprint density at radius 1 is 1.03 bits per heavy atom. The molecule has 2 aromatic carbocycles. The van der Waals surface area contributed by atoms with Gasteiger partial charge in [0.1, 0.15) is 11.5 Å². The zero-order chi connectivity index (χ0) is 22.2. The van der Waals surface area contributed by atoms with Crippen LogP contribution in [0.25, 0.3) is 0 Å². The van der Waals surface area contributed by atoms with Crippen molar-refractivity contribution in [3.05, 3.63) is 59.2 Å². The number of likely N-dealkylation sites (tertiary alicyclic amines) is 1. The van der Waals surface area contributed by atoms with Gasteiger partial charge >= 0.3 is 0 Å². The van der Waals surface area contributed by atoms with Gasteiger partial charge in [-0.1, -0.05) is 18.2 Å². The Balaban J connectivity index is 1.37. The van der Waals surface area contributed by atoms with E-state index >= 15 is 0 Å². The molecule has 0 aliphatic carbocycles. The number of hydrogen-bond acceptors (Lipinski definition) is 4. The maximum Gasteiger partial charge on any atom is 0.251 e. The predicted molar refractivity (Wildman–Crippen MR) is 121 cm³/mol. The van der Waals surface area contributed by atoms with Crippen LogP contribution in [0.2, 0.25) is 0 Å². The Hall–Kier alpha value is -3.02. The van der Waals surface area contributed by atoms with E-state index in [2.05, 4.69) is 5.32 Å². The molecule has 6 heteroatoms. The minimum Gasteiger partial charge on any atom is -0.497 e. The van der Waals surface area contributed by atoms with Crippen LogP contribution >= 0.6 is 0 Å². The van der Waals surface area contributed by atoms with Crippen molar-refractivity contribution in [2.75, 3.05) is 26.8 Å². The third kappa shape index (κ3) is 6.23. The quantitative estimate of drug-likeness (QED) is 0.653. The van der Waals surface area contributed by atoms with Crippen LogP contribution < -0.4 is 14.8 Å². The Kier molecular flexibility index (Phi) is 7.93. The van der Waals surface area contributed by atoms with E-state index in [0.29, 0.717) is 38.1 Å². The van der Waals surface area contributed by atoms with Crippen LogP contribution in [0.4, 0.5) is 0 Å². The molecule has 0 spiro atoms. The number of piperidine rings is 1. The molecule has 1 N–H and O–H groups in total. The second kappa shape index (κ2) is 10.8. The van der Waals surface area contributed by atoms with Gasteiger partial charge < -0.3 is 19.7 Å². The number of methoxy groups -OCH3 is 1. The van der Waals surface area contributed by atoms with Gasteiger partial charge in [-0.05, 0) is 68.5 Å². The first-order valence-corrected chi connectivity index (χ1v) is 10.9. The van der Waals surface area contributed by atoms with Crippen LogP contribution in [-0.4, -0.2) is 49.6 Å². The first-order valence-electron chi connectivity index (χ1n) is 10.9. The fraction of sp³-hybridized carbons (Fsp3) is 0.440. The number of carbonyl (C=O) groups is 2. The SMILES string of the molecule is COc1ccc(C(=O)NC2CCN(C(=O)CCCOc3c(C)cccc3C)CC2)cc1. The average molecular weight is 425 g/mol. The Morgan fingerprint density at radius 2 is 1.68 bits per heavy atom. The molecule has 1 saturated heterocycles.